The zero-order chi connectivity index (χ0) is 33.9. The number of hydrogen-bond acceptors (Lipinski definition) is 6. The van der Waals surface area contributed by atoms with Crippen LogP contribution in [0, 0.1) is 11.8 Å². The van der Waals surface area contributed by atoms with Gasteiger partial charge in [-0.15, -0.1) is 0 Å². The van der Waals surface area contributed by atoms with Crippen molar-refractivity contribution in [3.8, 4) is 11.6 Å². The Morgan fingerprint density at radius 3 is 2.38 bits per heavy atom. The molecule has 2 aliphatic carbocycles. The lowest BCUT2D eigenvalue weighted by molar-refractivity contribution is -0.139. The summed E-state index contributed by atoms with van der Waals surface area (Å²) in [7, 11) is 1.64. The quantitative estimate of drug-likeness (QED) is 0.272. The van der Waals surface area contributed by atoms with Gasteiger partial charge in [0.25, 0.3) is 5.92 Å². The number of methoxy groups -OCH3 is 1. The zero-order valence-electron chi connectivity index (χ0n) is 26.7. The fourth-order valence-corrected chi connectivity index (χ4v) is 7.12. The Kier molecular flexibility index (Phi) is 10.7. The Bertz CT molecular complexity index is 1420. The van der Waals surface area contributed by atoms with E-state index in [0.717, 1.165) is 31.2 Å². The molecule has 1 saturated heterocycles. The van der Waals surface area contributed by atoms with Crippen molar-refractivity contribution in [1.29, 1.82) is 0 Å². The molecule has 1 N–H and O–H groups in total. The van der Waals surface area contributed by atoms with Gasteiger partial charge in [0.15, 0.2) is 0 Å². The minimum atomic E-state index is -4.89. The number of halogens is 5. The Labute approximate surface area is 271 Å². The molecule has 1 aliphatic heterocycles. The van der Waals surface area contributed by atoms with Crippen molar-refractivity contribution in [2.45, 2.75) is 102 Å². The molecule has 13 heteroatoms. The highest BCUT2D eigenvalue weighted by atomic mass is 19.4. The average molecular weight is 668 g/mol. The molecule has 1 amide bonds. The highest BCUT2D eigenvalue weighted by Crippen LogP contribution is 2.41. The van der Waals surface area contributed by atoms with E-state index in [1.165, 1.54) is 17.0 Å². The third-order valence-electron chi connectivity index (χ3n) is 9.71. The van der Waals surface area contributed by atoms with E-state index >= 15 is 0 Å². The molecule has 47 heavy (non-hydrogen) atoms. The fraction of sp³-hybridized carbons (Fsp3) is 0.618. The van der Waals surface area contributed by atoms with Crippen LogP contribution in [0.2, 0.25) is 0 Å². The number of likely N-dealkylation sites (tertiary alicyclic amines) is 1. The summed E-state index contributed by atoms with van der Waals surface area (Å²) in [4.78, 5) is 33.5. The number of nitrogens with zero attached hydrogens (tertiary/aromatic N) is 3. The predicted octanol–water partition coefficient (Wildman–Crippen LogP) is 7.94. The van der Waals surface area contributed by atoms with Gasteiger partial charge in [-0.3, -0.25) is 9.69 Å². The van der Waals surface area contributed by atoms with Crippen LogP contribution in [0.3, 0.4) is 0 Å². The van der Waals surface area contributed by atoms with E-state index in [1.54, 1.807) is 12.0 Å². The SMILES string of the molecule is CO[C@H]1CC[C@H](N(c2ccc(Oc3ncc(CN4CCCC(F)(F)C4)cc3C(F)(F)F)cc2C(=O)O)C(=O)[C@H]2CC[C@H](C)CC2)CC1. The molecule has 0 atom stereocenters. The van der Waals surface area contributed by atoms with E-state index < -0.39 is 36.1 Å². The number of carbonyl (C=O) groups is 2. The van der Waals surface area contributed by atoms with E-state index in [9.17, 15) is 36.6 Å². The number of ether oxygens (including phenoxy) is 2. The Balaban J connectivity index is 1.43. The highest BCUT2D eigenvalue weighted by molar-refractivity contribution is 6.03. The van der Waals surface area contributed by atoms with Gasteiger partial charge < -0.3 is 19.5 Å². The van der Waals surface area contributed by atoms with Gasteiger partial charge in [0.05, 0.1) is 23.9 Å². The maximum absolute atomic E-state index is 14.2. The number of piperidine rings is 1. The smallest absolute Gasteiger partial charge is 0.421 e. The van der Waals surface area contributed by atoms with Gasteiger partial charge in [0, 0.05) is 38.2 Å². The van der Waals surface area contributed by atoms with Crippen LogP contribution in [0.4, 0.5) is 27.6 Å². The van der Waals surface area contributed by atoms with Gasteiger partial charge in [0.1, 0.15) is 11.3 Å². The number of carboxylic acid groups (broad SMARTS) is 1. The summed E-state index contributed by atoms with van der Waals surface area (Å²) in [6, 6.07) is 4.44. The van der Waals surface area contributed by atoms with Crippen LogP contribution in [0.1, 0.15) is 92.6 Å². The van der Waals surface area contributed by atoms with Crippen LogP contribution >= 0.6 is 0 Å². The summed E-state index contributed by atoms with van der Waals surface area (Å²) in [5.74, 6) is -5.15. The largest absolute Gasteiger partial charge is 0.478 e. The molecule has 258 valence electrons. The van der Waals surface area contributed by atoms with Crippen LogP contribution in [0.15, 0.2) is 30.5 Å². The summed E-state index contributed by atoms with van der Waals surface area (Å²) in [5.41, 5.74) is -1.21. The van der Waals surface area contributed by atoms with Gasteiger partial charge in [-0.2, -0.15) is 13.2 Å². The van der Waals surface area contributed by atoms with Crippen LogP contribution in [-0.4, -0.2) is 65.1 Å². The van der Waals surface area contributed by atoms with Crippen LogP contribution in [0.25, 0.3) is 0 Å². The standard InChI is InChI=1S/C34H42F5N3O5/c1-21-4-6-23(7-5-21)31(43)42(24-8-10-25(46-2)11-9-24)29-13-12-26(17-27(29)32(44)45)47-30-28(34(37,38)39)16-22(18-40-30)19-41-15-3-14-33(35,36)20-41/h12-13,16-18,21,23-25H,3-11,14-15,19-20H2,1-2H3,(H,44,45)/t21-,23-,24-,25-. The van der Waals surface area contributed by atoms with Crippen molar-refractivity contribution >= 4 is 17.6 Å². The second kappa shape index (κ2) is 14.4. The van der Waals surface area contributed by atoms with Crippen molar-refractivity contribution < 1.29 is 46.1 Å². The van der Waals surface area contributed by atoms with E-state index in [-0.39, 0.29) is 65.9 Å². The number of benzene rings is 1. The summed E-state index contributed by atoms with van der Waals surface area (Å²) >= 11 is 0. The predicted molar refractivity (Wildman–Crippen MR) is 164 cm³/mol. The minimum Gasteiger partial charge on any atom is -0.478 e. The normalized spacial score (nSPS) is 25.3. The van der Waals surface area contributed by atoms with Gasteiger partial charge in [-0.1, -0.05) is 6.92 Å². The first-order chi connectivity index (χ1) is 22.2. The number of carboxylic acids is 1. The summed E-state index contributed by atoms with van der Waals surface area (Å²) in [5, 5.41) is 10.3. The van der Waals surface area contributed by atoms with Gasteiger partial charge in [0.2, 0.25) is 11.8 Å². The molecule has 0 bridgehead atoms. The number of hydrogen-bond donors (Lipinski definition) is 1. The number of aromatic nitrogens is 1. The van der Waals surface area contributed by atoms with Crippen molar-refractivity contribution in [2.75, 3.05) is 25.1 Å². The first-order valence-corrected chi connectivity index (χ1v) is 16.3. The number of rotatable bonds is 9. The Morgan fingerprint density at radius 2 is 1.77 bits per heavy atom. The molecule has 2 saturated carbocycles. The van der Waals surface area contributed by atoms with Crippen LogP contribution < -0.4 is 9.64 Å². The van der Waals surface area contributed by atoms with E-state index in [2.05, 4.69) is 11.9 Å². The molecular weight excluding hydrogens is 625 g/mol. The maximum Gasteiger partial charge on any atom is 0.421 e. The number of alkyl halides is 5. The molecule has 1 aromatic carbocycles. The Morgan fingerprint density at radius 1 is 1.06 bits per heavy atom. The molecule has 2 heterocycles. The highest BCUT2D eigenvalue weighted by Gasteiger charge is 2.39. The Hall–Kier alpha value is -3.32. The second-order valence-electron chi connectivity index (χ2n) is 13.3. The molecule has 3 aliphatic rings. The first-order valence-electron chi connectivity index (χ1n) is 16.3. The average Bonchev–Trinajstić information content (AvgIpc) is 3.02. The molecule has 1 aromatic heterocycles. The van der Waals surface area contributed by atoms with Crippen LogP contribution in [0.5, 0.6) is 11.6 Å². The molecule has 0 unspecified atom stereocenters. The maximum atomic E-state index is 14.2. The molecule has 2 aromatic rings. The number of anilines is 1. The number of pyridine rings is 1. The molecule has 0 spiro atoms. The molecule has 8 nitrogen and oxygen atoms in total. The number of aromatic carboxylic acids is 1. The summed E-state index contributed by atoms with van der Waals surface area (Å²) in [6.45, 7) is 1.78. The third-order valence-corrected chi connectivity index (χ3v) is 9.71. The lowest BCUT2D eigenvalue weighted by Crippen LogP contribution is -2.47. The van der Waals surface area contributed by atoms with E-state index in [1.807, 2.05) is 0 Å². The fourth-order valence-electron chi connectivity index (χ4n) is 7.12. The lowest BCUT2D eigenvalue weighted by Gasteiger charge is -2.40. The van der Waals surface area contributed by atoms with Gasteiger partial charge >= 0.3 is 12.1 Å². The summed E-state index contributed by atoms with van der Waals surface area (Å²) in [6.07, 6.45) is 2.13. The molecule has 5 rings (SSSR count). The summed E-state index contributed by atoms with van der Waals surface area (Å²) < 4.78 is 81.3. The number of carbonyl (C=O) groups excluding carboxylic acids is 1. The molecular formula is C34H42F5N3O5. The van der Waals surface area contributed by atoms with Gasteiger partial charge in [-0.25, -0.2) is 18.6 Å². The first kappa shape index (κ1) is 35.0. The third kappa shape index (κ3) is 8.59. The monoisotopic (exact) mass is 667 g/mol. The topological polar surface area (TPSA) is 92.2 Å². The van der Waals surface area contributed by atoms with E-state index in [4.69, 9.17) is 9.47 Å². The van der Waals surface area contributed by atoms with Crippen molar-refractivity contribution in [1.82, 2.24) is 9.88 Å². The number of amides is 1. The molecule has 0 radical (unpaired) electrons. The van der Waals surface area contributed by atoms with Crippen molar-refractivity contribution in [3.63, 3.8) is 0 Å². The second-order valence-corrected chi connectivity index (χ2v) is 13.3. The zero-order valence-corrected chi connectivity index (χ0v) is 26.7. The van der Waals surface area contributed by atoms with Crippen LogP contribution in [-0.2, 0) is 22.3 Å². The van der Waals surface area contributed by atoms with Crippen molar-refractivity contribution in [2.24, 2.45) is 11.8 Å². The van der Waals surface area contributed by atoms with Crippen molar-refractivity contribution in [3.05, 3.63) is 47.2 Å². The van der Waals surface area contributed by atoms with Gasteiger partial charge in [-0.05, 0) is 100 Å². The minimum absolute atomic E-state index is 0.0518. The van der Waals surface area contributed by atoms with E-state index in [0.29, 0.717) is 51.0 Å². The molecule has 3 fully saturated rings. The lowest BCUT2D eigenvalue weighted by atomic mass is 9.81.